The van der Waals surface area contributed by atoms with Gasteiger partial charge >= 0.3 is 0 Å². The molecule has 1 aliphatic heterocycles. The van der Waals surface area contributed by atoms with E-state index < -0.39 is 0 Å². The molecule has 0 radical (unpaired) electrons. The van der Waals surface area contributed by atoms with Crippen LogP contribution in [0, 0.1) is 13.8 Å². The molecule has 1 atom stereocenters. The number of methoxy groups -OCH3 is 1. The van der Waals surface area contributed by atoms with Crippen molar-refractivity contribution in [2.24, 2.45) is 4.99 Å². The number of piperidine rings is 1. The molecule has 1 saturated heterocycles. The Hall–Kier alpha value is -2.54. The van der Waals surface area contributed by atoms with E-state index >= 15 is 0 Å². The lowest BCUT2D eigenvalue weighted by atomic mass is 10.0. The summed E-state index contributed by atoms with van der Waals surface area (Å²) in [4.78, 5) is 7.53. The summed E-state index contributed by atoms with van der Waals surface area (Å²) in [5.74, 6) is 2.63. The molecule has 0 aliphatic carbocycles. The van der Waals surface area contributed by atoms with Crippen LogP contribution >= 0.6 is 0 Å². The molecular formula is C24H37N5O2. The Morgan fingerprint density at radius 3 is 2.52 bits per heavy atom. The number of nitrogens with one attached hydrogen (secondary N) is 2. The number of ether oxygens (including phenoxy) is 1. The number of rotatable bonds is 9. The van der Waals surface area contributed by atoms with Crippen LogP contribution in [-0.4, -0.2) is 55.8 Å². The SMILES string of the molecule is CCNC(=NCC(c1ccc(OC)cc1)N1CCCCC1)NCCc1c(C)noc1C. The van der Waals surface area contributed by atoms with Crippen LogP contribution in [0.15, 0.2) is 33.8 Å². The van der Waals surface area contributed by atoms with Crippen LogP contribution < -0.4 is 15.4 Å². The van der Waals surface area contributed by atoms with Crippen LogP contribution in [0.5, 0.6) is 5.75 Å². The quantitative estimate of drug-likeness (QED) is 0.470. The van der Waals surface area contributed by atoms with Crippen LogP contribution in [0.4, 0.5) is 0 Å². The van der Waals surface area contributed by atoms with E-state index in [2.05, 4.69) is 39.7 Å². The summed E-state index contributed by atoms with van der Waals surface area (Å²) < 4.78 is 10.6. The third-order valence-electron chi connectivity index (χ3n) is 5.95. The molecule has 7 nitrogen and oxygen atoms in total. The molecule has 2 N–H and O–H groups in total. The molecule has 2 heterocycles. The van der Waals surface area contributed by atoms with Gasteiger partial charge in [-0.2, -0.15) is 0 Å². The number of aromatic nitrogens is 1. The normalized spacial score (nSPS) is 16.2. The zero-order valence-electron chi connectivity index (χ0n) is 19.4. The third kappa shape index (κ3) is 6.47. The average molecular weight is 428 g/mol. The number of aryl methyl sites for hydroxylation is 2. The summed E-state index contributed by atoms with van der Waals surface area (Å²) in [5.41, 5.74) is 3.43. The highest BCUT2D eigenvalue weighted by molar-refractivity contribution is 5.79. The second kappa shape index (κ2) is 11.7. The molecule has 1 unspecified atom stereocenters. The summed E-state index contributed by atoms with van der Waals surface area (Å²) in [6.07, 6.45) is 4.69. The summed E-state index contributed by atoms with van der Waals surface area (Å²) >= 11 is 0. The molecule has 7 heteroatoms. The fourth-order valence-electron chi connectivity index (χ4n) is 4.17. The first-order valence-corrected chi connectivity index (χ1v) is 11.4. The number of hydrogen-bond acceptors (Lipinski definition) is 5. The standard InChI is InChI=1S/C24H37N5O2/c1-5-25-24(26-14-13-22-18(2)28-31-19(22)3)27-17-23(29-15-7-6-8-16-29)20-9-11-21(30-4)12-10-20/h9-12,23H,5-8,13-17H2,1-4H3,(H2,25,26,27). The maximum atomic E-state index is 5.34. The predicted octanol–water partition coefficient (Wildman–Crippen LogP) is 3.62. The Kier molecular flexibility index (Phi) is 8.76. The lowest BCUT2D eigenvalue weighted by Crippen LogP contribution is -2.40. The van der Waals surface area contributed by atoms with Gasteiger partial charge in [0.2, 0.25) is 0 Å². The van der Waals surface area contributed by atoms with Gasteiger partial charge in [0.15, 0.2) is 5.96 Å². The Bertz CT molecular complexity index is 805. The van der Waals surface area contributed by atoms with E-state index in [0.717, 1.165) is 55.8 Å². The van der Waals surface area contributed by atoms with E-state index in [-0.39, 0.29) is 6.04 Å². The van der Waals surface area contributed by atoms with Crippen LogP contribution in [-0.2, 0) is 6.42 Å². The van der Waals surface area contributed by atoms with Gasteiger partial charge < -0.3 is 19.9 Å². The van der Waals surface area contributed by atoms with Gasteiger partial charge in [0.25, 0.3) is 0 Å². The van der Waals surface area contributed by atoms with Crippen molar-refractivity contribution in [1.82, 2.24) is 20.7 Å². The minimum absolute atomic E-state index is 0.268. The van der Waals surface area contributed by atoms with Gasteiger partial charge in [-0.05, 0) is 70.8 Å². The van der Waals surface area contributed by atoms with Crippen molar-refractivity contribution in [3.8, 4) is 5.75 Å². The monoisotopic (exact) mass is 427 g/mol. The van der Waals surface area contributed by atoms with E-state index in [9.17, 15) is 0 Å². The van der Waals surface area contributed by atoms with Gasteiger partial charge in [-0.3, -0.25) is 9.89 Å². The van der Waals surface area contributed by atoms with E-state index in [1.165, 1.54) is 30.4 Å². The second-order valence-electron chi connectivity index (χ2n) is 8.08. The fraction of sp³-hybridized carbons (Fsp3) is 0.583. The first kappa shape index (κ1) is 23.1. The first-order chi connectivity index (χ1) is 15.1. The second-order valence-corrected chi connectivity index (χ2v) is 8.08. The highest BCUT2D eigenvalue weighted by atomic mass is 16.5. The molecular weight excluding hydrogens is 390 g/mol. The fourth-order valence-corrected chi connectivity index (χ4v) is 4.17. The van der Waals surface area contributed by atoms with Gasteiger partial charge in [-0.15, -0.1) is 0 Å². The molecule has 1 aromatic heterocycles. The van der Waals surface area contributed by atoms with E-state index in [1.54, 1.807) is 7.11 Å². The highest BCUT2D eigenvalue weighted by Crippen LogP contribution is 2.26. The Balaban J connectivity index is 1.68. The van der Waals surface area contributed by atoms with Gasteiger partial charge in [-0.1, -0.05) is 23.7 Å². The first-order valence-electron chi connectivity index (χ1n) is 11.4. The van der Waals surface area contributed by atoms with Crippen LogP contribution in [0.25, 0.3) is 0 Å². The molecule has 0 saturated carbocycles. The number of hydrogen-bond donors (Lipinski definition) is 2. The number of aliphatic imine (C=N–C) groups is 1. The zero-order chi connectivity index (χ0) is 22.1. The highest BCUT2D eigenvalue weighted by Gasteiger charge is 2.22. The van der Waals surface area contributed by atoms with Crippen LogP contribution in [0.3, 0.4) is 0 Å². The maximum Gasteiger partial charge on any atom is 0.191 e. The van der Waals surface area contributed by atoms with Crippen molar-refractivity contribution < 1.29 is 9.26 Å². The largest absolute Gasteiger partial charge is 0.497 e. The minimum Gasteiger partial charge on any atom is -0.497 e. The summed E-state index contributed by atoms with van der Waals surface area (Å²) in [6, 6.07) is 8.70. The van der Waals surface area contributed by atoms with Gasteiger partial charge in [0.05, 0.1) is 25.4 Å². The smallest absolute Gasteiger partial charge is 0.191 e. The van der Waals surface area contributed by atoms with Crippen molar-refractivity contribution in [3.05, 3.63) is 46.8 Å². The molecule has 3 rings (SSSR count). The molecule has 1 aliphatic rings. The summed E-state index contributed by atoms with van der Waals surface area (Å²) in [6.45, 7) is 10.6. The third-order valence-corrected chi connectivity index (χ3v) is 5.95. The van der Waals surface area contributed by atoms with E-state index in [1.807, 2.05) is 26.0 Å². The van der Waals surface area contributed by atoms with Crippen LogP contribution in [0.2, 0.25) is 0 Å². The Morgan fingerprint density at radius 1 is 1.16 bits per heavy atom. The Morgan fingerprint density at radius 2 is 1.90 bits per heavy atom. The van der Waals surface area contributed by atoms with Gasteiger partial charge in [-0.25, -0.2) is 0 Å². The Labute approximate surface area is 186 Å². The predicted molar refractivity (Wildman–Crippen MR) is 125 cm³/mol. The van der Waals surface area contributed by atoms with Crippen molar-refractivity contribution in [2.75, 3.05) is 39.8 Å². The van der Waals surface area contributed by atoms with Crippen molar-refractivity contribution >= 4 is 5.96 Å². The molecule has 31 heavy (non-hydrogen) atoms. The number of benzene rings is 1. The molecule has 0 bridgehead atoms. The van der Waals surface area contributed by atoms with Crippen molar-refractivity contribution in [2.45, 2.75) is 52.5 Å². The van der Waals surface area contributed by atoms with Crippen molar-refractivity contribution in [1.29, 1.82) is 0 Å². The topological polar surface area (TPSA) is 74.9 Å². The number of likely N-dealkylation sites (tertiary alicyclic amines) is 1. The molecule has 1 aromatic carbocycles. The number of nitrogens with zero attached hydrogens (tertiary/aromatic N) is 3. The lowest BCUT2D eigenvalue weighted by molar-refractivity contribution is 0.167. The summed E-state index contributed by atoms with van der Waals surface area (Å²) in [5, 5.41) is 10.9. The average Bonchev–Trinajstić information content (AvgIpc) is 3.12. The van der Waals surface area contributed by atoms with Gasteiger partial charge in [0, 0.05) is 18.7 Å². The molecule has 1 fully saturated rings. The van der Waals surface area contributed by atoms with Crippen molar-refractivity contribution in [3.63, 3.8) is 0 Å². The molecule has 0 spiro atoms. The minimum atomic E-state index is 0.268. The van der Waals surface area contributed by atoms with Gasteiger partial charge in [0.1, 0.15) is 11.5 Å². The maximum absolute atomic E-state index is 5.34. The summed E-state index contributed by atoms with van der Waals surface area (Å²) in [7, 11) is 1.71. The van der Waals surface area contributed by atoms with E-state index in [0.29, 0.717) is 6.54 Å². The molecule has 170 valence electrons. The van der Waals surface area contributed by atoms with Crippen LogP contribution in [0.1, 0.15) is 54.8 Å². The molecule has 0 amide bonds. The lowest BCUT2D eigenvalue weighted by Gasteiger charge is -2.34. The zero-order valence-corrected chi connectivity index (χ0v) is 19.4. The van der Waals surface area contributed by atoms with E-state index in [4.69, 9.17) is 14.3 Å². The molecule has 2 aromatic rings. The number of guanidine groups is 1.